The van der Waals surface area contributed by atoms with Crippen LogP contribution in [0.5, 0.6) is 11.5 Å². The van der Waals surface area contributed by atoms with Crippen molar-refractivity contribution in [1.29, 1.82) is 0 Å². The molecular formula is C21H16F6N2O3S. The average molecular weight is 490 g/mol. The van der Waals surface area contributed by atoms with Crippen LogP contribution in [0.1, 0.15) is 11.1 Å². The second-order valence-corrected chi connectivity index (χ2v) is 8.72. The molecule has 0 saturated carbocycles. The Bertz CT molecular complexity index is 1180. The van der Waals surface area contributed by atoms with Crippen LogP contribution in [0, 0.1) is 0 Å². The first-order valence-corrected chi connectivity index (χ1v) is 10.9. The van der Waals surface area contributed by atoms with Gasteiger partial charge in [0.15, 0.2) is 5.75 Å². The third-order valence-corrected chi connectivity index (χ3v) is 5.98. The van der Waals surface area contributed by atoms with Crippen LogP contribution in [0.2, 0.25) is 0 Å². The fourth-order valence-electron chi connectivity index (χ4n) is 2.89. The van der Waals surface area contributed by atoms with Crippen molar-refractivity contribution in [1.82, 2.24) is 4.98 Å². The lowest BCUT2D eigenvalue weighted by molar-refractivity contribution is -0.138. The fourth-order valence-corrected chi connectivity index (χ4v) is 4.25. The Labute approximate surface area is 185 Å². The van der Waals surface area contributed by atoms with Gasteiger partial charge in [0.1, 0.15) is 11.5 Å². The van der Waals surface area contributed by atoms with Gasteiger partial charge in [0, 0.05) is 12.4 Å². The molecule has 0 spiro atoms. The van der Waals surface area contributed by atoms with E-state index in [9.17, 15) is 34.8 Å². The standard InChI is InChI=1S/C21H16F6N2O3S/c22-20(23,24)14-33(30,31)29(13-15-4-3-11-28-12-15)16-7-9-17(10-8-16)32-19-6-2-1-5-18(19)21(25,26)27/h1-12H,13-14H2. The Morgan fingerprint density at radius 2 is 1.55 bits per heavy atom. The molecule has 0 bridgehead atoms. The van der Waals surface area contributed by atoms with Crippen molar-refractivity contribution in [2.75, 3.05) is 10.1 Å². The molecule has 0 N–H and O–H groups in total. The maximum absolute atomic E-state index is 13.1. The van der Waals surface area contributed by atoms with E-state index in [0.717, 1.165) is 24.3 Å². The lowest BCUT2D eigenvalue weighted by atomic mass is 10.2. The van der Waals surface area contributed by atoms with Gasteiger partial charge in [-0.05, 0) is 48.0 Å². The summed E-state index contributed by atoms with van der Waals surface area (Å²) in [7, 11) is -4.84. The van der Waals surface area contributed by atoms with Gasteiger partial charge in [-0.2, -0.15) is 26.3 Å². The minimum Gasteiger partial charge on any atom is -0.457 e. The van der Waals surface area contributed by atoms with Crippen molar-refractivity contribution in [2.24, 2.45) is 0 Å². The SMILES string of the molecule is O=S(=O)(CC(F)(F)F)N(Cc1cccnc1)c1ccc(Oc2ccccc2C(F)(F)F)cc1. The van der Waals surface area contributed by atoms with E-state index in [1.54, 1.807) is 0 Å². The molecule has 0 unspecified atom stereocenters. The molecule has 3 rings (SSSR count). The Kier molecular flexibility index (Phi) is 6.86. The zero-order valence-electron chi connectivity index (χ0n) is 16.6. The summed E-state index contributed by atoms with van der Waals surface area (Å²) in [4.78, 5) is 3.82. The Hall–Kier alpha value is -3.28. The first-order valence-electron chi connectivity index (χ1n) is 9.25. The second-order valence-electron chi connectivity index (χ2n) is 6.83. The smallest absolute Gasteiger partial charge is 0.419 e. The molecule has 1 heterocycles. The van der Waals surface area contributed by atoms with Crippen LogP contribution in [0.4, 0.5) is 32.0 Å². The van der Waals surface area contributed by atoms with Gasteiger partial charge in [-0.15, -0.1) is 0 Å². The molecule has 12 heteroatoms. The molecule has 0 fully saturated rings. The van der Waals surface area contributed by atoms with Crippen molar-refractivity contribution >= 4 is 15.7 Å². The van der Waals surface area contributed by atoms with Crippen LogP contribution in [0.3, 0.4) is 0 Å². The summed E-state index contributed by atoms with van der Waals surface area (Å²) >= 11 is 0. The van der Waals surface area contributed by atoms with Crippen LogP contribution in [-0.4, -0.2) is 25.3 Å². The van der Waals surface area contributed by atoms with Crippen LogP contribution in [-0.2, 0) is 22.7 Å². The predicted molar refractivity (Wildman–Crippen MR) is 108 cm³/mol. The molecule has 1 aromatic heterocycles. The highest BCUT2D eigenvalue weighted by Gasteiger charge is 2.39. The van der Waals surface area contributed by atoms with Gasteiger partial charge in [-0.3, -0.25) is 9.29 Å². The number of pyridine rings is 1. The number of hydrogen-bond donors (Lipinski definition) is 0. The largest absolute Gasteiger partial charge is 0.457 e. The first-order chi connectivity index (χ1) is 15.4. The molecule has 5 nitrogen and oxygen atoms in total. The number of aromatic nitrogens is 1. The molecule has 0 amide bonds. The fraction of sp³-hybridized carbons (Fsp3) is 0.190. The van der Waals surface area contributed by atoms with Crippen LogP contribution in [0.15, 0.2) is 73.1 Å². The van der Waals surface area contributed by atoms with Gasteiger partial charge in [0.05, 0.1) is 17.8 Å². The van der Waals surface area contributed by atoms with Crippen LogP contribution in [0.25, 0.3) is 0 Å². The third-order valence-electron chi connectivity index (χ3n) is 4.28. The molecular weight excluding hydrogens is 474 g/mol. The maximum atomic E-state index is 13.1. The molecule has 0 aliphatic rings. The summed E-state index contributed by atoms with van der Waals surface area (Å²) in [5.74, 6) is -2.63. The van der Waals surface area contributed by atoms with Gasteiger partial charge < -0.3 is 4.74 Å². The highest BCUT2D eigenvalue weighted by molar-refractivity contribution is 7.92. The van der Waals surface area contributed by atoms with Gasteiger partial charge >= 0.3 is 12.4 Å². The van der Waals surface area contributed by atoms with E-state index in [2.05, 4.69) is 4.98 Å². The summed E-state index contributed by atoms with van der Waals surface area (Å²) in [6.45, 7) is -0.427. The monoisotopic (exact) mass is 490 g/mol. The molecule has 0 saturated heterocycles. The number of benzene rings is 2. The maximum Gasteiger partial charge on any atom is 0.419 e. The van der Waals surface area contributed by atoms with E-state index < -0.39 is 46.0 Å². The van der Waals surface area contributed by atoms with Gasteiger partial charge in [-0.25, -0.2) is 8.42 Å². The molecule has 0 aliphatic heterocycles. The molecule has 2 aromatic carbocycles. The van der Waals surface area contributed by atoms with Crippen molar-refractivity contribution in [3.63, 3.8) is 0 Å². The quantitative estimate of drug-likeness (QED) is 0.394. The lowest BCUT2D eigenvalue weighted by Crippen LogP contribution is -2.37. The van der Waals surface area contributed by atoms with Gasteiger partial charge in [0.2, 0.25) is 10.0 Å². The number of anilines is 1. The van der Waals surface area contributed by atoms with E-state index in [4.69, 9.17) is 4.74 Å². The van der Waals surface area contributed by atoms with Gasteiger partial charge in [0.25, 0.3) is 0 Å². The first kappa shape index (κ1) is 24.4. The van der Waals surface area contributed by atoms with E-state index in [1.165, 1.54) is 48.8 Å². The van der Waals surface area contributed by atoms with Crippen LogP contribution < -0.4 is 9.04 Å². The normalized spacial score (nSPS) is 12.4. The van der Waals surface area contributed by atoms with E-state index in [-0.39, 0.29) is 11.4 Å². The number of halogens is 6. The van der Waals surface area contributed by atoms with Crippen molar-refractivity contribution in [3.05, 3.63) is 84.2 Å². The summed E-state index contributed by atoms with van der Waals surface area (Å²) in [6.07, 6.45) is -6.91. The minimum atomic E-state index is -4.98. The Morgan fingerprint density at radius 1 is 0.879 bits per heavy atom. The number of ether oxygens (including phenoxy) is 1. The number of nitrogens with zero attached hydrogens (tertiary/aromatic N) is 2. The number of alkyl halides is 6. The molecule has 0 aliphatic carbocycles. The topological polar surface area (TPSA) is 59.5 Å². The predicted octanol–water partition coefficient (Wildman–Crippen LogP) is 5.79. The van der Waals surface area contributed by atoms with Gasteiger partial charge in [-0.1, -0.05) is 18.2 Å². The lowest BCUT2D eigenvalue weighted by Gasteiger charge is -2.25. The number of para-hydroxylation sites is 1. The highest BCUT2D eigenvalue weighted by atomic mass is 32.2. The number of hydrogen-bond acceptors (Lipinski definition) is 4. The Morgan fingerprint density at radius 3 is 2.12 bits per heavy atom. The zero-order chi connectivity index (χ0) is 24.3. The van der Waals surface area contributed by atoms with E-state index in [1.807, 2.05) is 0 Å². The number of rotatable bonds is 7. The average Bonchev–Trinajstić information content (AvgIpc) is 2.71. The van der Waals surface area contributed by atoms with Crippen molar-refractivity contribution < 1.29 is 39.5 Å². The minimum absolute atomic E-state index is 0.0648. The number of sulfonamides is 1. The highest BCUT2D eigenvalue weighted by Crippen LogP contribution is 2.38. The molecule has 3 aromatic rings. The summed E-state index contributed by atoms with van der Waals surface area (Å²) in [5.41, 5.74) is -0.803. The Balaban J connectivity index is 1.92. The molecule has 176 valence electrons. The summed E-state index contributed by atoms with van der Waals surface area (Å²) in [5, 5.41) is 0. The van der Waals surface area contributed by atoms with E-state index in [0.29, 0.717) is 9.87 Å². The molecule has 0 radical (unpaired) electrons. The molecule has 33 heavy (non-hydrogen) atoms. The second kappa shape index (κ2) is 9.30. The zero-order valence-corrected chi connectivity index (χ0v) is 17.5. The van der Waals surface area contributed by atoms with Crippen molar-refractivity contribution in [2.45, 2.75) is 18.9 Å². The van der Waals surface area contributed by atoms with E-state index >= 15 is 0 Å². The third kappa shape index (κ3) is 6.60. The molecule has 0 atom stereocenters. The summed E-state index contributed by atoms with van der Waals surface area (Å²) in [6, 6.07) is 12.1. The van der Waals surface area contributed by atoms with Crippen molar-refractivity contribution in [3.8, 4) is 11.5 Å². The summed E-state index contributed by atoms with van der Waals surface area (Å²) < 4.78 is 109. The van der Waals surface area contributed by atoms with Crippen LogP contribution >= 0.6 is 0 Å².